The van der Waals surface area contributed by atoms with Gasteiger partial charge in [0.1, 0.15) is 3.79 Å². The molecule has 0 saturated heterocycles. The van der Waals surface area contributed by atoms with Crippen molar-refractivity contribution >= 4 is 33.2 Å². The van der Waals surface area contributed by atoms with Crippen LogP contribution in [0.1, 0.15) is 30.8 Å². The minimum atomic E-state index is -0.0631. The van der Waals surface area contributed by atoms with E-state index in [4.69, 9.17) is 0 Å². The number of rotatable bonds is 2. The van der Waals surface area contributed by atoms with Gasteiger partial charge in [0.2, 0.25) is 0 Å². The standard InChI is InChI=1S/C10H13BrN2OS/c1-5-3-7(6(5)2)13-10(14)8-9(11)15-4-12-8/h4-7H,3H2,1-2H3,(H,13,14). The molecule has 1 saturated carbocycles. The molecule has 0 aliphatic heterocycles. The fraction of sp³-hybridized carbons (Fsp3) is 0.600. The summed E-state index contributed by atoms with van der Waals surface area (Å²) in [5.74, 6) is 1.23. The van der Waals surface area contributed by atoms with Crippen molar-refractivity contribution in [2.45, 2.75) is 26.3 Å². The number of halogens is 1. The highest BCUT2D eigenvalue weighted by Gasteiger charge is 2.35. The number of carbonyl (C=O) groups is 1. The Labute approximate surface area is 101 Å². The minimum Gasteiger partial charge on any atom is -0.348 e. The van der Waals surface area contributed by atoms with Gasteiger partial charge < -0.3 is 5.32 Å². The fourth-order valence-corrected chi connectivity index (χ4v) is 2.88. The van der Waals surface area contributed by atoms with Crippen LogP contribution in [-0.2, 0) is 0 Å². The van der Waals surface area contributed by atoms with Gasteiger partial charge in [-0.3, -0.25) is 4.79 Å². The first-order valence-corrected chi connectivity index (χ1v) is 6.66. The van der Waals surface area contributed by atoms with Crippen molar-refractivity contribution in [2.24, 2.45) is 11.8 Å². The van der Waals surface area contributed by atoms with Gasteiger partial charge in [0.25, 0.3) is 5.91 Å². The van der Waals surface area contributed by atoms with Crippen LogP contribution in [0.2, 0.25) is 0 Å². The second-order valence-electron chi connectivity index (χ2n) is 4.13. The maximum atomic E-state index is 11.8. The number of carbonyl (C=O) groups excluding carboxylic acids is 1. The first-order chi connectivity index (χ1) is 7.09. The van der Waals surface area contributed by atoms with Crippen LogP contribution in [0.4, 0.5) is 0 Å². The van der Waals surface area contributed by atoms with Crippen LogP contribution >= 0.6 is 27.3 Å². The Balaban J connectivity index is 1.97. The molecule has 0 spiro atoms. The summed E-state index contributed by atoms with van der Waals surface area (Å²) in [6.45, 7) is 4.39. The maximum absolute atomic E-state index is 11.8. The van der Waals surface area contributed by atoms with Crippen LogP contribution in [0.25, 0.3) is 0 Å². The Kier molecular flexibility index (Phi) is 3.11. The molecule has 15 heavy (non-hydrogen) atoms. The number of hydrogen-bond acceptors (Lipinski definition) is 3. The van der Waals surface area contributed by atoms with Crippen LogP contribution in [0.15, 0.2) is 9.30 Å². The third-order valence-electron chi connectivity index (χ3n) is 3.21. The molecule has 0 aromatic carbocycles. The van der Waals surface area contributed by atoms with Gasteiger partial charge in [-0.2, -0.15) is 0 Å². The van der Waals surface area contributed by atoms with Gasteiger partial charge in [0.15, 0.2) is 5.69 Å². The van der Waals surface area contributed by atoms with E-state index < -0.39 is 0 Å². The Morgan fingerprint density at radius 3 is 2.87 bits per heavy atom. The lowest BCUT2D eigenvalue weighted by Gasteiger charge is -2.41. The monoisotopic (exact) mass is 288 g/mol. The summed E-state index contributed by atoms with van der Waals surface area (Å²) < 4.78 is 0.806. The third kappa shape index (κ3) is 2.08. The molecule has 1 heterocycles. The average Bonchev–Trinajstić information content (AvgIpc) is 2.63. The predicted octanol–water partition coefficient (Wildman–Crippen LogP) is 2.68. The van der Waals surface area contributed by atoms with Gasteiger partial charge in [0.05, 0.1) is 5.51 Å². The molecule has 3 unspecified atom stereocenters. The number of nitrogens with one attached hydrogen (secondary N) is 1. The van der Waals surface area contributed by atoms with E-state index in [2.05, 4.69) is 40.1 Å². The molecule has 5 heteroatoms. The molecule has 0 radical (unpaired) electrons. The number of hydrogen-bond donors (Lipinski definition) is 1. The van der Waals surface area contributed by atoms with Gasteiger partial charge in [-0.1, -0.05) is 13.8 Å². The van der Waals surface area contributed by atoms with Gasteiger partial charge in [-0.15, -0.1) is 11.3 Å². The zero-order chi connectivity index (χ0) is 11.0. The number of aromatic nitrogens is 1. The van der Waals surface area contributed by atoms with E-state index in [1.807, 2.05) is 0 Å². The Morgan fingerprint density at radius 1 is 1.67 bits per heavy atom. The van der Waals surface area contributed by atoms with E-state index in [0.29, 0.717) is 23.6 Å². The third-order valence-corrected chi connectivity index (χ3v) is 4.76. The second kappa shape index (κ2) is 4.22. The molecule has 1 N–H and O–H groups in total. The van der Waals surface area contributed by atoms with Crippen molar-refractivity contribution in [3.63, 3.8) is 0 Å². The first kappa shape index (κ1) is 11.1. The van der Waals surface area contributed by atoms with Crippen LogP contribution in [0.5, 0.6) is 0 Å². The van der Waals surface area contributed by atoms with Crippen LogP contribution in [0, 0.1) is 11.8 Å². The smallest absolute Gasteiger partial charge is 0.272 e. The maximum Gasteiger partial charge on any atom is 0.272 e. The summed E-state index contributed by atoms with van der Waals surface area (Å²) in [5, 5.41) is 3.01. The topological polar surface area (TPSA) is 42.0 Å². The lowest BCUT2D eigenvalue weighted by atomic mass is 9.71. The fourth-order valence-electron chi connectivity index (χ4n) is 1.84. The number of thiazole rings is 1. The van der Waals surface area contributed by atoms with Crippen molar-refractivity contribution < 1.29 is 4.79 Å². The van der Waals surface area contributed by atoms with E-state index in [9.17, 15) is 4.79 Å². The average molecular weight is 289 g/mol. The van der Waals surface area contributed by atoms with Crippen LogP contribution in [0.3, 0.4) is 0 Å². The Hall–Kier alpha value is -0.420. The van der Waals surface area contributed by atoms with E-state index in [-0.39, 0.29) is 5.91 Å². The molecule has 2 rings (SSSR count). The molecule has 1 fully saturated rings. The van der Waals surface area contributed by atoms with E-state index in [0.717, 1.165) is 10.2 Å². The van der Waals surface area contributed by atoms with Crippen LogP contribution in [-0.4, -0.2) is 16.9 Å². The predicted molar refractivity (Wildman–Crippen MR) is 64.0 cm³/mol. The quantitative estimate of drug-likeness (QED) is 0.909. The van der Waals surface area contributed by atoms with E-state index in [1.54, 1.807) is 5.51 Å². The van der Waals surface area contributed by atoms with E-state index >= 15 is 0 Å². The summed E-state index contributed by atoms with van der Waals surface area (Å²) >= 11 is 4.75. The van der Waals surface area contributed by atoms with Gasteiger partial charge >= 0.3 is 0 Å². The lowest BCUT2D eigenvalue weighted by Crippen LogP contribution is -2.50. The highest BCUT2D eigenvalue weighted by Crippen LogP contribution is 2.34. The number of nitrogens with zero attached hydrogens (tertiary/aromatic N) is 1. The molecule has 82 valence electrons. The van der Waals surface area contributed by atoms with Crippen molar-refractivity contribution in [3.8, 4) is 0 Å². The molecule has 1 aliphatic carbocycles. The highest BCUT2D eigenvalue weighted by atomic mass is 79.9. The first-order valence-electron chi connectivity index (χ1n) is 4.99. The highest BCUT2D eigenvalue weighted by molar-refractivity contribution is 9.11. The molecular weight excluding hydrogens is 276 g/mol. The minimum absolute atomic E-state index is 0.0631. The van der Waals surface area contributed by atoms with E-state index in [1.165, 1.54) is 11.3 Å². The molecular formula is C10H13BrN2OS. The summed E-state index contributed by atoms with van der Waals surface area (Å²) in [6.07, 6.45) is 1.08. The molecule has 1 amide bonds. The molecule has 1 aromatic rings. The summed E-state index contributed by atoms with van der Waals surface area (Å²) in [6, 6.07) is 0.320. The molecule has 1 aliphatic rings. The van der Waals surface area contributed by atoms with Gasteiger partial charge in [-0.05, 0) is 34.2 Å². The van der Waals surface area contributed by atoms with Crippen LogP contribution < -0.4 is 5.32 Å². The second-order valence-corrected chi connectivity index (χ2v) is 6.30. The molecule has 3 nitrogen and oxygen atoms in total. The summed E-state index contributed by atoms with van der Waals surface area (Å²) in [7, 11) is 0. The largest absolute Gasteiger partial charge is 0.348 e. The lowest BCUT2D eigenvalue weighted by molar-refractivity contribution is 0.0802. The van der Waals surface area contributed by atoms with Crippen molar-refractivity contribution in [1.29, 1.82) is 0 Å². The van der Waals surface area contributed by atoms with Gasteiger partial charge in [-0.25, -0.2) is 4.98 Å². The zero-order valence-electron chi connectivity index (χ0n) is 8.66. The SMILES string of the molecule is CC1CC(NC(=O)c2ncsc2Br)C1C. The van der Waals surface area contributed by atoms with Gasteiger partial charge in [0, 0.05) is 6.04 Å². The molecule has 1 aromatic heterocycles. The Morgan fingerprint density at radius 2 is 2.40 bits per heavy atom. The molecule has 3 atom stereocenters. The summed E-state index contributed by atoms with van der Waals surface area (Å²) in [4.78, 5) is 15.8. The van der Waals surface area contributed by atoms with Crippen molar-refractivity contribution in [1.82, 2.24) is 10.3 Å². The summed E-state index contributed by atoms with van der Waals surface area (Å²) in [5.41, 5.74) is 2.18. The Bertz CT molecular complexity index is 379. The number of amides is 1. The zero-order valence-corrected chi connectivity index (χ0v) is 11.1. The van der Waals surface area contributed by atoms with Crippen molar-refractivity contribution in [3.05, 3.63) is 15.0 Å². The molecule has 0 bridgehead atoms. The van der Waals surface area contributed by atoms with Crippen molar-refractivity contribution in [2.75, 3.05) is 0 Å². The normalized spacial score (nSPS) is 29.7.